The van der Waals surface area contributed by atoms with E-state index in [0.717, 1.165) is 19.3 Å². The van der Waals surface area contributed by atoms with Gasteiger partial charge in [0.15, 0.2) is 0 Å². The second-order valence-corrected chi connectivity index (χ2v) is 4.98. The minimum absolute atomic E-state index is 0.0480. The van der Waals surface area contributed by atoms with Gasteiger partial charge >= 0.3 is 0 Å². The molecule has 3 heterocycles. The van der Waals surface area contributed by atoms with E-state index in [9.17, 15) is 10.2 Å². The lowest BCUT2D eigenvalue weighted by molar-refractivity contribution is -0.163. The predicted octanol–water partition coefficient (Wildman–Crippen LogP) is -0.749. The average Bonchev–Trinajstić information content (AvgIpc) is 2.73. The van der Waals surface area contributed by atoms with Crippen molar-refractivity contribution >= 4 is 0 Å². The fourth-order valence-corrected chi connectivity index (χ4v) is 3.32. The smallest absolute Gasteiger partial charge is 0.0998 e. The van der Waals surface area contributed by atoms with Crippen molar-refractivity contribution in [1.82, 2.24) is 5.32 Å². The molecular weight excluding hydrogens is 182 g/mol. The van der Waals surface area contributed by atoms with E-state index in [4.69, 9.17) is 4.74 Å². The molecule has 3 fully saturated rings. The number of nitrogens with one attached hydrogen (secondary N) is 1. The van der Waals surface area contributed by atoms with Gasteiger partial charge in [0.05, 0.1) is 29.8 Å². The van der Waals surface area contributed by atoms with Crippen molar-refractivity contribution in [2.45, 2.75) is 37.1 Å². The zero-order valence-electron chi connectivity index (χ0n) is 8.20. The highest BCUT2D eigenvalue weighted by atomic mass is 16.5. The highest BCUT2D eigenvalue weighted by Gasteiger charge is 2.64. The molecule has 4 nitrogen and oxygen atoms in total. The fraction of sp³-hybridized carbons (Fsp3) is 1.00. The number of β-amino-alcohol motifs (C(OH)–C–C–N with tert-alkyl or cyclic N) is 1. The van der Waals surface area contributed by atoms with Gasteiger partial charge < -0.3 is 20.3 Å². The van der Waals surface area contributed by atoms with Crippen LogP contribution in [0.2, 0.25) is 0 Å². The first-order chi connectivity index (χ1) is 6.70. The van der Waals surface area contributed by atoms with Crippen molar-refractivity contribution in [3.8, 4) is 0 Å². The maximum Gasteiger partial charge on any atom is 0.0998 e. The molecule has 3 rings (SSSR count). The van der Waals surface area contributed by atoms with Crippen LogP contribution in [-0.2, 0) is 4.74 Å². The quantitative estimate of drug-likeness (QED) is 0.547. The predicted molar refractivity (Wildman–Crippen MR) is 49.9 cm³/mol. The molecule has 3 N–H and O–H groups in total. The molecule has 80 valence electrons. The summed E-state index contributed by atoms with van der Waals surface area (Å²) in [6, 6.07) is 0. The molecule has 3 atom stereocenters. The summed E-state index contributed by atoms with van der Waals surface area (Å²) in [4.78, 5) is 0. The molecule has 0 saturated carbocycles. The van der Waals surface area contributed by atoms with Gasteiger partial charge in [0.25, 0.3) is 0 Å². The Morgan fingerprint density at radius 3 is 2.50 bits per heavy atom. The van der Waals surface area contributed by atoms with E-state index in [1.807, 2.05) is 0 Å². The zero-order valence-corrected chi connectivity index (χ0v) is 8.20. The average molecular weight is 199 g/mol. The molecule has 3 unspecified atom stereocenters. The van der Waals surface area contributed by atoms with Crippen molar-refractivity contribution in [2.75, 3.05) is 19.7 Å². The van der Waals surface area contributed by atoms with Crippen LogP contribution in [0.15, 0.2) is 0 Å². The third-order valence-corrected chi connectivity index (χ3v) is 4.36. The van der Waals surface area contributed by atoms with Crippen LogP contribution in [0.1, 0.15) is 19.3 Å². The van der Waals surface area contributed by atoms with Crippen LogP contribution in [0.3, 0.4) is 0 Å². The summed E-state index contributed by atoms with van der Waals surface area (Å²) in [6.45, 7) is 1.24. The SMILES string of the molecule is OCC1(C2(O)CNC2)CC2CCC1O2. The summed E-state index contributed by atoms with van der Waals surface area (Å²) in [6.07, 6.45) is 3.26. The lowest BCUT2D eigenvalue weighted by Gasteiger charge is -2.52. The molecule has 0 radical (unpaired) electrons. The molecule has 0 aliphatic carbocycles. The fourth-order valence-electron chi connectivity index (χ4n) is 3.32. The van der Waals surface area contributed by atoms with E-state index in [-0.39, 0.29) is 24.2 Å². The monoisotopic (exact) mass is 199 g/mol. The van der Waals surface area contributed by atoms with E-state index in [0.29, 0.717) is 13.1 Å². The van der Waals surface area contributed by atoms with Gasteiger partial charge in [-0.2, -0.15) is 0 Å². The third kappa shape index (κ3) is 0.877. The van der Waals surface area contributed by atoms with Gasteiger partial charge in [-0.05, 0) is 19.3 Å². The van der Waals surface area contributed by atoms with Crippen LogP contribution in [0.5, 0.6) is 0 Å². The Morgan fingerprint density at radius 1 is 1.36 bits per heavy atom. The first kappa shape index (κ1) is 9.09. The summed E-state index contributed by atoms with van der Waals surface area (Å²) in [5.41, 5.74) is -1.12. The lowest BCUT2D eigenvalue weighted by atomic mass is 9.61. The summed E-state index contributed by atoms with van der Waals surface area (Å²) in [5.74, 6) is 0. The Morgan fingerprint density at radius 2 is 2.14 bits per heavy atom. The van der Waals surface area contributed by atoms with Crippen molar-refractivity contribution in [3.05, 3.63) is 0 Å². The minimum Gasteiger partial charge on any atom is -0.396 e. The Bertz CT molecular complexity index is 254. The van der Waals surface area contributed by atoms with Crippen LogP contribution >= 0.6 is 0 Å². The van der Waals surface area contributed by atoms with Gasteiger partial charge in [-0.3, -0.25) is 0 Å². The maximum atomic E-state index is 10.4. The van der Waals surface area contributed by atoms with E-state index < -0.39 is 5.60 Å². The number of rotatable bonds is 2. The molecule has 3 saturated heterocycles. The lowest BCUT2D eigenvalue weighted by Crippen LogP contribution is -2.71. The molecule has 0 aromatic carbocycles. The summed E-state index contributed by atoms with van der Waals surface area (Å²) >= 11 is 0. The van der Waals surface area contributed by atoms with Crippen LogP contribution in [0.4, 0.5) is 0 Å². The molecule has 0 amide bonds. The number of fused-ring (bicyclic) bond motifs is 2. The highest BCUT2D eigenvalue weighted by molar-refractivity contribution is 5.15. The third-order valence-electron chi connectivity index (χ3n) is 4.36. The van der Waals surface area contributed by atoms with E-state index in [1.54, 1.807) is 0 Å². The van der Waals surface area contributed by atoms with Crippen molar-refractivity contribution in [1.29, 1.82) is 0 Å². The zero-order chi connectivity index (χ0) is 9.81. The molecule has 0 aromatic rings. The standard InChI is InChI=1S/C10H17NO3/c12-6-9(10(13)4-11-5-10)3-7-1-2-8(9)14-7/h7-8,11-13H,1-6H2. The molecule has 3 aliphatic rings. The van der Waals surface area contributed by atoms with Crippen molar-refractivity contribution in [2.24, 2.45) is 5.41 Å². The Kier molecular flexibility index (Phi) is 1.75. The molecule has 0 aromatic heterocycles. The maximum absolute atomic E-state index is 10.4. The van der Waals surface area contributed by atoms with E-state index >= 15 is 0 Å². The number of hydrogen-bond acceptors (Lipinski definition) is 4. The summed E-state index contributed by atoms with van der Waals surface area (Å²) in [5, 5.41) is 23.0. The van der Waals surface area contributed by atoms with Crippen molar-refractivity contribution < 1.29 is 14.9 Å². The largest absolute Gasteiger partial charge is 0.396 e. The van der Waals surface area contributed by atoms with Crippen LogP contribution in [-0.4, -0.2) is 47.7 Å². The van der Waals surface area contributed by atoms with Crippen molar-refractivity contribution in [3.63, 3.8) is 0 Å². The van der Waals surface area contributed by atoms with E-state index in [1.165, 1.54) is 0 Å². The first-order valence-corrected chi connectivity index (χ1v) is 5.40. The molecular formula is C10H17NO3. The molecule has 14 heavy (non-hydrogen) atoms. The second kappa shape index (κ2) is 2.70. The number of hydrogen-bond donors (Lipinski definition) is 3. The molecule has 2 bridgehead atoms. The number of ether oxygens (including phenoxy) is 1. The summed E-state index contributed by atoms with van der Waals surface area (Å²) < 4.78 is 5.75. The van der Waals surface area contributed by atoms with Gasteiger partial charge in [0.2, 0.25) is 0 Å². The first-order valence-electron chi connectivity index (χ1n) is 5.40. The topological polar surface area (TPSA) is 61.7 Å². The van der Waals surface area contributed by atoms with Crippen LogP contribution in [0, 0.1) is 5.41 Å². The minimum atomic E-state index is -0.735. The van der Waals surface area contributed by atoms with Crippen LogP contribution in [0.25, 0.3) is 0 Å². The van der Waals surface area contributed by atoms with Gasteiger partial charge in [-0.15, -0.1) is 0 Å². The van der Waals surface area contributed by atoms with Gasteiger partial charge in [-0.25, -0.2) is 0 Å². The Labute approximate surface area is 83.3 Å². The molecule has 4 heteroatoms. The van der Waals surface area contributed by atoms with Gasteiger partial charge in [-0.1, -0.05) is 0 Å². The Balaban J connectivity index is 1.91. The Hall–Kier alpha value is -0.160. The summed E-state index contributed by atoms with van der Waals surface area (Å²) in [7, 11) is 0. The van der Waals surface area contributed by atoms with E-state index in [2.05, 4.69) is 5.32 Å². The van der Waals surface area contributed by atoms with Gasteiger partial charge in [0.1, 0.15) is 0 Å². The highest BCUT2D eigenvalue weighted by Crippen LogP contribution is 2.54. The molecule has 3 aliphatic heterocycles. The normalized spacial score (nSPS) is 49.3. The number of aliphatic hydroxyl groups is 2. The second-order valence-electron chi connectivity index (χ2n) is 4.98. The molecule has 0 spiro atoms. The van der Waals surface area contributed by atoms with Gasteiger partial charge in [0, 0.05) is 13.1 Å². The van der Waals surface area contributed by atoms with Crippen LogP contribution < -0.4 is 5.32 Å². The number of aliphatic hydroxyl groups excluding tert-OH is 1.